The van der Waals surface area contributed by atoms with Gasteiger partial charge in [-0.1, -0.05) is 30.0 Å². The van der Waals surface area contributed by atoms with E-state index in [0.29, 0.717) is 23.1 Å². The molecule has 0 aromatic heterocycles. The summed E-state index contributed by atoms with van der Waals surface area (Å²) in [4.78, 5) is 17.1. The van der Waals surface area contributed by atoms with Crippen LogP contribution in [-0.2, 0) is 10.3 Å². The Morgan fingerprint density at radius 3 is 2.81 bits per heavy atom. The molecule has 2 aromatic rings. The predicted octanol–water partition coefficient (Wildman–Crippen LogP) is 4.10. The van der Waals surface area contributed by atoms with Crippen LogP contribution in [0.4, 0.5) is 8.78 Å². The van der Waals surface area contributed by atoms with Gasteiger partial charge in [0, 0.05) is 28.9 Å². The Morgan fingerprint density at radius 1 is 1.26 bits per heavy atom. The Kier molecular flexibility index (Phi) is 5.05. The molecular weight excluding hydrogens is 438 g/mol. The zero-order chi connectivity index (χ0) is 19.0. The maximum Gasteiger partial charge on any atom is 0.257 e. The molecule has 4 nitrogen and oxygen atoms in total. The number of hydrogen-bond acceptors (Lipinski definition) is 4. The van der Waals surface area contributed by atoms with Crippen LogP contribution in [0.1, 0.15) is 15.9 Å². The first-order valence-electron chi connectivity index (χ1n) is 8.31. The summed E-state index contributed by atoms with van der Waals surface area (Å²) < 4.78 is 34.1. The number of carbonyl (C=O) groups excluding carboxylic acids is 1. The molecule has 1 amide bonds. The van der Waals surface area contributed by atoms with E-state index in [4.69, 9.17) is 4.74 Å². The molecule has 8 heteroatoms. The molecule has 2 heterocycles. The third-order valence-corrected chi connectivity index (χ3v) is 6.42. The van der Waals surface area contributed by atoms with Crippen molar-refractivity contribution in [3.05, 3.63) is 69.7 Å². The van der Waals surface area contributed by atoms with Crippen molar-refractivity contribution in [2.75, 3.05) is 19.0 Å². The highest BCUT2D eigenvalue weighted by molar-refractivity contribution is 9.10. The summed E-state index contributed by atoms with van der Waals surface area (Å²) in [5.74, 6) is -1.07. The van der Waals surface area contributed by atoms with E-state index in [-0.39, 0.29) is 28.5 Å². The maximum atomic E-state index is 14.6. The van der Waals surface area contributed by atoms with Gasteiger partial charge >= 0.3 is 0 Å². The smallest absolute Gasteiger partial charge is 0.257 e. The Hall–Kier alpha value is -1.77. The molecule has 2 atom stereocenters. The Morgan fingerprint density at radius 2 is 2.04 bits per heavy atom. The summed E-state index contributed by atoms with van der Waals surface area (Å²) in [6.07, 6.45) is 0. The van der Waals surface area contributed by atoms with Crippen LogP contribution in [0.2, 0.25) is 0 Å². The minimum Gasteiger partial charge on any atom is -0.378 e. The summed E-state index contributed by atoms with van der Waals surface area (Å²) >= 11 is 4.52. The largest absolute Gasteiger partial charge is 0.378 e. The zero-order valence-electron chi connectivity index (χ0n) is 14.0. The van der Waals surface area contributed by atoms with Crippen LogP contribution in [-0.4, -0.2) is 30.0 Å². The van der Waals surface area contributed by atoms with Gasteiger partial charge < -0.3 is 10.1 Å². The monoisotopic (exact) mass is 452 g/mol. The van der Waals surface area contributed by atoms with Crippen molar-refractivity contribution >= 4 is 38.8 Å². The average molecular weight is 453 g/mol. The SMILES string of the molecule is O=C(NC1=N[C@@]2(c3cc(Br)c(F)cc3F)COC[C@H]2CS1)c1ccccc1. The molecule has 4 rings (SSSR count). The Labute approximate surface area is 167 Å². The summed E-state index contributed by atoms with van der Waals surface area (Å²) in [6.45, 7) is 0.614. The first-order valence-corrected chi connectivity index (χ1v) is 10.1. The fourth-order valence-electron chi connectivity index (χ4n) is 3.35. The third kappa shape index (κ3) is 3.41. The molecular formula is C19H15BrF2N2O2S. The van der Waals surface area contributed by atoms with Crippen molar-refractivity contribution in [3.8, 4) is 0 Å². The Bertz CT molecular complexity index is 925. The van der Waals surface area contributed by atoms with Crippen molar-refractivity contribution in [2.24, 2.45) is 10.9 Å². The lowest BCUT2D eigenvalue weighted by Gasteiger charge is -2.35. The highest BCUT2D eigenvalue weighted by Crippen LogP contribution is 2.46. The molecule has 2 aliphatic rings. The first kappa shape index (κ1) is 18.6. The number of rotatable bonds is 2. The van der Waals surface area contributed by atoms with Crippen molar-refractivity contribution in [3.63, 3.8) is 0 Å². The molecule has 0 unspecified atom stereocenters. The normalized spacial score (nSPS) is 24.3. The number of carbonyl (C=O) groups is 1. The second-order valence-electron chi connectivity index (χ2n) is 6.43. The number of hydrogen-bond donors (Lipinski definition) is 1. The van der Waals surface area contributed by atoms with Gasteiger partial charge in [0.15, 0.2) is 5.17 Å². The molecule has 0 aliphatic carbocycles. The van der Waals surface area contributed by atoms with Crippen LogP contribution in [0.3, 0.4) is 0 Å². The van der Waals surface area contributed by atoms with Crippen LogP contribution in [0.15, 0.2) is 51.9 Å². The molecule has 0 saturated carbocycles. The van der Waals surface area contributed by atoms with Gasteiger partial charge in [-0.3, -0.25) is 4.79 Å². The number of benzene rings is 2. The van der Waals surface area contributed by atoms with Gasteiger partial charge in [-0.2, -0.15) is 0 Å². The number of nitrogens with one attached hydrogen (secondary N) is 1. The molecule has 27 heavy (non-hydrogen) atoms. The van der Waals surface area contributed by atoms with E-state index in [9.17, 15) is 13.6 Å². The third-order valence-electron chi connectivity index (χ3n) is 4.77. The average Bonchev–Trinajstić information content (AvgIpc) is 3.09. The van der Waals surface area contributed by atoms with E-state index < -0.39 is 17.2 Å². The fraction of sp³-hybridized carbons (Fsp3) is 0.263. The summed E-state index contributed by atoms with van der Waals surface area (Å²) in [7, 11) is 0. The van der Waals surface area contributed by atoms with E-state index in [1.54, 1.807) is 24.3 Å². The lowest BCUT2D eigenvalue weighted by atomic mass is 9.81. The summed E-state index contributed by atoms with van der Waals surface area (Å²) in [5, 5.41) is 3.21. The van der Waals surface area contributed by atoms with Crippen LogP contribution in [0.5, 0.6) is 0 Å². The van der Waals surface area contributed by atoms with E-state index in [0.717, 1.165) is 6.07 Å². The second kappa shape index (κ2) is 7.33. The van der Waals surface area contributed by atoms with Gasteiger partial charge in [-0.25, -0.2) is 13.8 Å². The van der Waals surface area contributed by atoms with Gasteiger partial charge in [0.1, 0.15) is 17.2 Å². The molecule has 140 valence electrons. The molecule has 1 fully saturated rings. The number of fused-ring (bicyclic) bond motifs is 1. The number of nitrogens with zero attached hydrogens (tertiary/aromatic N) is 1. The van der Waals surface area contributed by atoms with Gasteiger partial charge in [0.25, 0.3) is 5.91 Å². The molecule has 0 radical (unpaired) electrons. The van der Waals surface area contributed by atoms with Gasteiger partial charge in [0.05, 0.1) is 17.7 Å². The van der Waals surface area contributed by atoms with Crippen LogP contribution in [0.25, 0.3) is 0 Å². The lowest BCUT2D eigenvalue weighted by Crippen LogP contribution is -2.42. The Balaban J connectivity index is 1.71. The topological polar surface area (TPSA) is 50.7 Å². The minimum absolute atomic E-state index is 0.0632. The van der Waals surface area contributed by atoms with Crippen LogP contribution >= 0.6 is 27.7 Å². The van der Waals surface area contributed by atoms with E-state index in [1.807, 2.05) is 6.07 Å². The molecule has 0 spiro atoms. The minimum atomic E-state index is -0.981. The quantitative estimate of drug-likeness (QED) is 0.697. The van der Waals surface area contributed by atoms with Crippen molar-refractivity contribution < 1.29 is 18.3 Å². The predicted molar refractivity (Wildman–Crippen MR) is 104 cm³/mol. The molecule has 0 bridgehead atoms. The van der Waals surface area contributed by atoms with Crippen molar-refractivity contribution in [2.45, 2.75) is 5.54 Å². The van der Waals surface area contributed by atoms with Gasteiger partial charge in [-0.15, -0.1) is 0 Å². The van der Waals surface area contributed by atoms with E-state index >= 15 is 0 Å². The number of ether oxygens (including phenoxy) is 1. The van der Waals surface area contributed by atoms with E-state index in [1.165, 1.54) is 17.8 Å². The highest BCUT2D eigenvalue weighted by atomic mass is 79.9. The highest BCUT2D eigenvalue weighted by Gasteiger charge is 2.50. The number of aliphatic imine (C=N–C) groups is 1. The van der Waals surface area contributed by atoms with Crippen LogP contribution in [0, 0.1) is 17.6 Å². The summed E-state index contributed by atoms with van der Waals surface area (Å²) in [6, 6.07) is 11.1. The lowest BCUT2D eigenvalue weighted by molar-refractivity contribution is 0.0977. The van der Waals surface area contributed by atoms with Crippen molar-refractivity contribution in [1.82, 2.24) is 5.32 Å². The number of amides is 1. The first-order chi connectivity index (χ1) is 13.0. The molecule has 2 aliphatic heterocycles. The molecule has 2 aromatic carbocycles. The molecule has 1 N–H and O–H groups in total. The number of amidine groups is 1. The van der Waals surface area contributed by atoms with Gasteiger partial charge in [-0.05, 0) is 34.1 Å². The number of thioether (sulfide) groups is 1. The van der Waals surface area contributed by atoms with Crippen LogP contribution < -0.4 is 5.32 Å². The van der Waals surface area contributed by atoms with E-state index in [2.05, 4.69) is 26.2 Å². The second-order valence-corrected chi connectivity index (χ2v) is 8.29. The molecule has 1 saturated heterocycles. The zero-order valence-corrected chi connectivity index (χ0v) is 16.4. The summed E-state index contributed by atoms with van der Waals surface area (Å²) in [5.41, 5.74) is -0.203. The number of halogens is 3. The maximum absolute atomic E-state index is 14.6. The van der Waals surface area contributed by atoms with Crippen molar-refractivity contribution in [1.29, 1.82) is 0 Å². The fourth-order valence-corrected chi connectivity index (χ4v) is 4.82. The standard InChI is InChI=1S/C19H15BrF2N2O2S/c20-14-6-13(15(21)7-16(14)22)19-10-26-8-12(19)9-27-18(24-19)23-17(25)11-4-2-1-3-5-11/h1-7,12H,8-10H2,(H,23,24,25)/t12-,19-/m0/s1. The van der Waals surface area contributed by atoms with Gasteiger partial charge in [0.2, 0.25) is 0 Å².